The van der Waals surface area contributed by atoms with Gasteiger partial charge in [0, 0.05) is 0 Å². The summed E-state index contributed by atoms with van der Waals surface area (Å²) in [4.78, 5) is 8.39. The van der Waals surface area contributed by atoms with Crippen molar-refractivity contribution in [1.29, 1.82) is 0 Å². The quantitative estimate of drug-likeness (QED) is 0.621. The fourth-order valence-corrected chi connectivity index (χ4v) is 2.58. The van der Waals surface area contributed by atoms with Crippen LogP contribution in [0.1, 0.15) is 12.6 Å². The Balaban J connectivity index is 2.50. The lowest BCUT2D eigenvalue weighted by atomic mass is 10.3. The summed E-state index contributed by atoms with van der Waals surface area (Å²) >= 11 is 2.55. The minimum Gasteiger partial charge on any atom is -0.222 e. The van der Waals surface area contributed by atoms with Crippen LogP contribution in [0.4, 0.5) is 13.2 Å². The summed E-state index contributed by atoms with van der Waals surface area (Å²) in [7, 11) is 0. The number of hydrogen-bond donors (Lipinski definition) is 0. The molecule has 0 N–H and O–H groups in total. The van der Waals surface area contributed by atoms with Crippen LogP contribution in [0.5, 0.6) is 0 Å². The number of hydrogen-bond acceptors (Lipinski definition) is 4. The van der Waals surface area contributed by atoms with Crippen molar-refractivity contribution >= 4 is 23.1 Å². The molecule has 2 rings (SSSR count). The van der Waals surface area contributed by atoms with Gasteiger partial charge in [0.15, 0.2) is 5.16 Å². The molecule has 2 aromatic rings. The van der Waals surface area contributed by atoms with Crippen molar-refractivity contribution < 1.29 is 13.2 Å². The predicted octanol–water partition coefficient (Wildman–Crippen LogP) is 4.34. The molecule has 2 aromatic heterocycles. The van der Waals surface area contributed by atoms with Gasteiger partial charge in [0.05, 0.1) is 10.6 Å². The van der Waals surface area contributed by atoms with Crippen LogP contribution in [0.25, 0.3) is 10.6 Å². The van der Waals surface area contributed by atoms with Crippen LogP contribution >= 0.6 is 23.1 Å². The van der Waals surface area contributed by atoms with Crippen LogP contribution in [-0.2, 0) is 6.18 Å². The van der Waals surface area contributed by atoms with Crippen molar-refractivity contribution in [3.05, 3.63) is 29.3 Å². The summed E-state index contributed by atoms with van der Waals surface area (Å²) in [6, 6.07) is 4.51. The minimum atomic E-state index is -4.45. The molecule has 0 aromatic carbocycles. The molecule has 0 radical (unpaired) electrons. The van der Waals surface area contributed by atoms with Crippen molar-refractivity contribution in [2.24, 2.45) is 0 Å². The maximum absolute atomic E-state index is 12.7. The molecule has 0 aliphatic rings. The topological polar surface area (TPSA) is 25.8 Å². The molecular weight excluding hydrogens is 281 g/mol. The van der Waals surface area contributed by atoms with E-state index in [0.717, 1.165) is 6.07 Å². The number of thioether (sulfide) groups is 1. The Labute approximate surface area is 110 Å². The van der Waals surface area contributed by atoms with Crippen molar-refractivity contribution in [2.45, 2.75) is 18.3 Å². The molecule has 0 unspecified atom stereocenters. The number of aromatic nitrogens is 2. The van der Waals surface area contributed by atoms with E-state index in [1.165, 1.54) is 23.1 Å². The van der Waals surface area contributed by atoms with E-state index in [4.69, 9.17) is 0 Å². The lowest BCUT2D eigenvalue weighted by molar-refractivity contribution is -0.141. The monoisotopic (exact) mass is 290 g/mol. The van der Waals surface area contributed by atoms with Gasteiger partial charge in [-0.05, 0) is 23.3 Å². The van der Waals surface area contributed by atoms with Gasteiger partial charge in [-0.1, -0.05) is 24.8 Å². The predicted molar refractivity (Wildman–Crippen MR) is 66.7 cm³/mol. The van der Waals surface area contributed by atoms with E-state index in [1.807, 2.05) is 6.92 Å². The van der Waals surface area contributed by atoms with Crippen molar-refractivity contribution in [3.8, 4) is 10.6 Å². The number of nitrogens with zero attached hydrogens (tertiary/aromatic N) is 2. The van der Waals surface area contributed by atoms with E-state index in [9.17, 15) is 13.2 Å². The highest BCUT2D eigenvalue weighted by molar-refractivity contribution is 7.99. The van der Waals surface area contributed by atoms with Crippen LogP contribution in [-0.4, -0.2) is 15.7 Å². The molecule has 0 saturated carbocycles. The van der Waals surface area contributed by atoms with Gasteiger partial charge in [0.2, 0.25) is 0 Å². The molecule has 7 heteroatoms. The average molecular weight is 290 g/mol. The Hall–Kier alpha value is -1.08. The minimum absolute atomic E-state index is 0.163. The maximum Gasteiger partial charge on any atom is 0.433 e. The molecule has 0 aliphatic heterocycles. The molecule has 2 heterocycles. The van der Waals surface area contributed by atoms with E-state index < -0.39 is 11.9 Å². The third kappa shape index (κ3) is 3.02. The molecule has 96 valence electrons. The van der Waals surface area contributed by atoms with Crippen LogP contribution in [0, 0.1) is 0 Å². The van der Waals surface area contributed by atoms with E-state index in [-0.39, 0.29) is 5.16 Å². The largest absolute Gasteiger partial charge is 0.433 e. The summed E-state index contributed by atoms with van der Waals surface area (Å²) < 4.78 is 38.2. The first-order valence-corrected chi connectivity index (χ1v) is 7.00. The van der Waals surface area contributed by atoms with Gasteiger partial charge in [-0.15, -0.1) is 11.3 Å². The highest BCUT2D eigenvalue weighted by atomic mass is 32.2. The highest BCUT2D eigenvalue weighted by Crippen LogP contribution is 2.33. The molecule has 18 heavy (non-hydrogen) atoms. The number of halogens is 3. The summed E-state index contributed by atoms with van der Waals surface area (Å²) in [5.41, 5.74) is -0.569. The first-order chi connectivity index (χ1) is 8.50. The third-order valence-electron chi connectivity index (χ3n) is 2.04. The average Bonchev–Trinajstić information content (AvgIpc) is 2.81. The van der Waals surface area contributed by atoms with E-state index >= 15 is 0 Å². The third-order valence-corrected chi connectivity index (χ3v) is 3.66. The molecule has 0 fully saturated rings. The van der Waals surface area contributed by atoms with Crippen molar-refractivity contribution in [3.63, 3.8) is 0 Å². The highest BCUT2D eigenvalue weighted by Gasteiger charge is 2.33. The Morgan fingerprint density at radius 1 is 1.33 bits per heavy atom. The van der Waals surface area contributed by atoms with Gasteiger partial charge in [-0.2, -0.15) is 13.2 Å². The van der Waals surface area contributed by atoms with Gasteiger partial charge >= 0.3 is 6.18 Å². The van der Waals surface area contributed by atoms with Gasteiger partial charge in [0.25, 0.3) is 0 Å². The number of alkyl halides is 3. The standard InChI is InChI=1S/C11H9F3N2S2/c1-2-17-10-15-7(8-4-3-5-18-8)6-9(16-10)11(12,13)14/h3-6H,2H2,1H3. The van der Waals surface area contributed by atoms with Crippen LogP contribution in [0.2, 0.25) is 0 Å². The number of rotatable bonds is 3. The Morgan fingerprint density at radius 3 is 2.67 bits per heavy atom. The summed E-state index contributed by atoms with van der Waals surface area (Å²) in [5.74, 6) is 0.630. The summed E-state index contributed by atoms with van der Waals surface area (Å²) in [6.45, 7) is 1.85. The lowest BCUT2D eigenvalue weighted by Gasteiger charge is -2.09. The van der Waals surface area contributed by atoms with Gasteiger partial charge in [-0.25, -0.2) is 9.97 Å². The Morgan fingerprint density at radius 2 is 2.11 bits per heavy atom. The molecular formula is C11H9F3N2S2. The fraction of sp³-hybridized carbons (Fsp3) is 0.273. The van der Waals surface area contributed by atoms with Gasteiger partial charge in [-0.3, -0.25) is 0 Å². The molecule has 2 nitrogen and oxygen atoms in total. The summed E-state index contributed by atoms with van der Waals surface area (Å²) in [5, 5.41) is 1.97. The zero-order valence-corrected chi connectivity index (χ0v) is 11.0. The molecule has 0 spiro atoms. The first-order valence-electron chi connectivity index (χ1n) is 5.13. The van der Waals surface area contributed by atoms with E-state index in [2.05, 4.69) is 9.97 Å². The lowest BCUT2D eigenvalue weighted by Crippen LogP contribution is -2.09. The second-order valence-corrected chi connectivity index (χ2v) is 5.51. The Kier molecular flexibility index (Phi) is 3.91. The first kappa shape index (κ1) is 13.4. The van der Waals surface area contributed by atoms with Gasteiger partial charge in [0.1, 0.15) is 5.69 Å². The van der Waals surface area contributed by atoms with E-state index in [1.54, 1.807) is 17.5 Å². The second kappa shape index (κ2) is 5.27. The second-order valence-electron chi connectivity index (χ2n) is 3.33. The molecule has 0 bridgehead atoms. The molecule has 0 atom stereocenters. The van der Waals surface area contributed by atoms with Gasteiger partial charge < -0.3 is 0 Å². The molecule has 0 amide bonds. The normalized spacial score (nSPS) is 11.8. The fourth-order valence-electron chi connectivity index (χ4n) is 1.31. The number of thiophene rings is 1. The zero-order chi connectivity index (χ0) is 13.2. The van der Waals surface area contributed by atoms with E-state index in [0.29, 0.717) is 16.3 Å². The van der Waals surface area contributed by atoms with Crippen LogP contribution < -0.4 is 0 Å². The smallest absolute Gasteiger partial charge is 0.222 e. The summed E-state index contributed by atoms with van der Waals surface area (Å²) in [6.07, 6.45) is -4.45. The molecule has 0 saturated heterocycles. The van der Waals surface area contributed by atoms with Crippen LogP contribution in [0.15, 0.2) is 28.7 Å². The molecule has 0 aliphatic carbocycles. The SMILES string of the molecule is CCSc1nc(-c2cccs2)cc(C(F)(F)F)n1. The Bertz CT molecular complexity index is 524. The van der Waals surface area contributed by atoms with Crippen LogP contribution in [0.3, 0.4) is 0 Å². The maximum atomic E-state index is 12.7. The zero-order valence-electron chi connectivity index (χ0n) is 9.36. The van der Waals surface area contributed by atoms with Crippen molar-refractivity contribution in [1.82, 2.24) is 9.97 Å². The van der Waals surface area contributed by atoms with Crippen molar-refractivity contribution in [2.75, 3.05) is 5.75 Å².